The van der Waals surface area contributed by atoms with E-state index in [0.29, 0.717) is 23.8 Å². The largest absolute Gasteiger partial charge is 0.332 e. The van der Waals surface area contributed by atoms with E-state index in [1.54, 1.807) is 0 Å². The predicted octanol–water partition coefficient (Wildman–Crippen LogP) is 0.822. The first-order valence-corrected chi connectivity index (χ1v) is 6.40. The first-order valence-electron chi connectivity index (χ1n) is 5.35. The number of unbranched alkanes of at least 4 members (excludes halogenated alkanes) is 2. The van der Waals surface area contributed by atoms with Crippen LogP contribution in [0.25, 0.3) is 0 Å². The fourth-order valence-corrected chi connectivity index (χ4v) is 3.73. The molecule has 4 nitrogen and oxygen atoms in total. The number of carbonyl (C=O) groups is 1. The molecule has 2 heterocycles. The van der Waals surface area contributed by atoms with Crippen LogP contribution in [0.3, 0.4) is 0 Å². The van der Waals surface area contributed by atoms with Crippen molar-refractivity contribution >= 4 is 24.1 Å². The van der Waals surface area contributed by atoms with Gasteiger partial charge in [0.2, 0.25) is 0 Å². The molecule has 2 rings (SSSR count). The van der Waals surface area contributed by atoms with Gasteiger partial charge in [0.1, 0.15) is 0 Å². The van der Waals surface area contributed by atoms with Crippen molar-refractivity contribution < 1.29 is 9.59 Å². The van der Waals surface area contributed by atoms with Crippen LogP contribution in [-0.2, 0) is 4.79 Å². The Bertz CT molecular complexity index is 260. The number of rotatable bonds is 5. The molecule has 2 amide bonds. The molecule has 2 aliphatic rings. The minimum atomic E-state index is -0.0310. The van der Waals surface area contributed by atoms with Crippen molar-refractivity contribution in [2.75, 3.05) is 5.75 Å². The Morgan fingerprint density at radius 3 is 3.07 bits per heavy atom. The van der Waals surface area contributed by atoms with Gasteiger partial charge in [-0.3, -0.25) is 4.79 Å². The Morgan fingerprint density at radius 1 is 1.40 bits per heavy atom. The van der Waals surface area contributed by atoms with E-state index in [9.17, 15) is 9.59 Å². The summed E-state index contributed by atoms with van der Waals surface area (Å²) in [6.07, 6.45) is 5.49. The van der Waals surface area contributed by atoms with Crippen LogP contribution < -0.4 is 10.6 Å². The van der Waals surface area contributed by atoms with E-state index in [-0.39, 0.29) is 6.03 Å². The van der Waals surface area contributed by atoms with Gasteiger partial charge in [0.15, 0.2) is 6.29 Å². The number of nitrogens with one attached hydrogen (secondary N) is 2. The number of thioether (sulfide) groups is 1. The SMILES string of the molecule is O=[C]CCCC[C@@H]1SC[C@@H]2NC(=O)N[C@@H]21. The van der Waals surface area contributed by atoms with Gasteiger partial charge < -0.3 is 10.6 Å². The average Bonchev–Trinajstić information content (AvgIpc) is 2.73. The molecule has 2 saturated heterocycles. The average molecular weight is 227 g/mol. The van der Waals surface area contributed by atoms with E-state index in [1.807, 2.05) is 18.0 Å². The second-order valence-electron chi connectivity index (χ2n) is 4.01. The summed E-state index contributed by atoms with van der Waals surface area (Å²) in [4.78, 5) is 21.1. The smallest absolute Gasteiger partial charge is 0.315 e. The minimum absolute atomic E-state index is 0.0310. The van der Waals surface area contributed by atoms with E-state index in [1.165, 1.54) is 0 Å². The third kappa shape index (κ3) is 2.45. The lowest BCUT2D eigenvalue weighted by Gasteiger charge is -2.15. The molecule has 83 valence electrons. The van der Waals surface area contributed by atoms with Crippen molar-refractivity contribution in [3.05, 3.63) is 0 Å². The molecule has 5 heteroatoms. The summed E-state index contributed by atoms with van der Waals surface area (Å²) in [6.45, 7) is 0. The number of amides is 2. The molecule has 0 aromatic rings. The van der Waals surface area contributed by atoms with E-state index in [0.717, 1.165) is 25.0 Å². The van der Waals surface area contributed by atoms with Crippen molar-refractivity contribution in [2.45, 2.75) is 43.0 Å². The molecule has 2 aliphatic heterocycles. The maximum atomic E-state index is 11.1. The molecule has 0 saturated carbocycles. The van der Waals surface area contributed by atoms with Crippen LogP contribution >= 0.6 is 11.8 Å². The highest BCUT2D eigenvalue weighted by atomic mass is 32.2. The number of hydrogen-bond acceptors (Lipinski definition) is 3. The topological polar surface area (TPSA) is 58.2 Å². The van der Waals surface area contributed by atoms with Crippen molar-refractivity contribution in [3.63, 3.8) is 0 Å². The van der Waals surface area contributed by atoms with Crippen LogP contribution in [0.5, 0.6) is 0 Å². The van der Waals surface area contributed by atoms with Crippen molar-refractivity contribution in [2.24, 2.45) is 0 Å². The van der Waals surface area contributed by atoms with Crippen LogP contribution in [-0.4, -0.2) is 35.4 Å². The third-order valence-electron chi connectivity index (χ3n) is 2.96. The lowest BCUT2D eigenvalue weighted by Crippen LogP contribution is -2.36. The van der Waals surface area contributed by atoms with E-state index in [2.05, 4.69) is 10.6 Å². The summed E-state index contributed by atoms with van der Waals surface area (Å²) in [5.74, 6) is 1.01. The maximum Gasteiger partial charge on any atom is 0.315 e. The molecule has 0 aliphatic carbocycles. The standard InChI is InChI=1S/C10H15N2O2S/c13-5-3-1-2-4-8-9-7(6-15-8)11-10(14)12-9/h7-9H,1-4,6H2,(H2,11,12,14)/t7-,8-,9-/m0/s1. The number of hydrogen-bond donors (Lipinski definition) is 2. The number of carbonyl (C=O) groups excluding carboxylic acids is 2. The van der Waals surface area contributed by atoms with Gasteiger partial charge in [-0.1, -0.05) is 6.42 Å². The Kier molecular flexibility index (Phi) is 3.51. The van der Waals surface area contributed by atoms with Crippen LogP contribution in [0.15, 0.2) is 0 Å². The number of urea groups is 1. The summed E-state index contributed by atoms with van der Waals surface area (Å²) in [7, 11) is 0. The highest BCUT2D eigenvalue weighted by Crippen LogP contribution is 2.33. The zero-order chi connectivity index (χ0) is 10.7. The molecular formula is C10H15N2O2S. The molecule has 2 fully saturated rings. The highest BCUT2D eigenvalue weighted by Gasteiger charge is 2.42. The van der Waals surface area contributed by atoms with Crippen LogP contribution in [0, 0.1) is 0 Å². The molecule has 1 radical (unpaired) electrons. The first kappa shape index (κ1) is 10.8. The Balaban J connectivity index is 1.74. The Labute approximate surface area is 93.6 Å². The molecule has 2 N–H and O–H groups in total. The van der Waals surface area contributed by atoms with E-state index < -0.39 is 0 Å². The van der Waals surface area contributed by atoms with Crippen LogP contribution in [0.1, 0.15) is 25.7 Å². The molecule has 3 atom stereocenters. The zero-order valence-electron chi connectivity index (χ0n) is 8.49. The summed E-state index contributed by atoms with van der Waals surface area (Å²) in [5, 5.41) is 6.39. The predicted molar refractivity (Wildman–Crippen MR) is 59.7 cm³/mol. The molecule has 0 spiro atoms. The summed E-state index contributed by atoms with van der Waals surface area (Å²) in [6, 6.07) is 0.573. The van der Waals surface area contributed by atoms with Crippen LogP contribution in [0.4, 0.5) is 4.79 Å². The second kappa shape index (κ2) is 4.88. The summed E-state index contributed by atoms with van der Waals surface area (Å²) >= 11 is 1.92. The van der Waals surface area contributed by atoms with Gasteiger partial charge in [0.05, 0.1) is 12.1 Å². The molecule has 0 unspecified atom stereocenters. The Hall–Kier alpha value is -0.710. The van der Waals surface area contributed by atoms with Gasteiger partial charge in [0, 0.05) is 17.4 Å². The molecule has 0 bridgehead atoms. The quantitative estimate of drug-likeness (QED) is 0.540. The van der Waals surface area contributed by atoms with Gasteiger partial charge in [-0.15, -0.1) is 0 Å². The lowest BCUT2D eigenvalue weighted by molar-refractivity contribution is 0.247. The Morgan fingerprint density at radius 2 is 2.27 bits per heavy atom. The van der Waals surface area contributed by atoms with Gasteiger partial charge in [-0.05, 0) is 12.8 Å². The summed E-state index contributed by atoms with van der Waals surface area (Å²) < 4.78 is 0. The number of fused-ring (bicyclic) bond motifs is 1. The minimum Gasteiger partial charge on any atom is -0.332 e. The lowest BCUT2D eigenvalue weighted by atomic mass is 10.0. The van der Waals surface area contributed by atoms with Gasteiger partial charge in [0.25, 0.3) is 0 Å². The monoisotopic (exact) mass is 227 g/mol. The van der Waals surface area contributed by atoms with Crippen molar-refractivity contribution in [1.29, 1.82) is 0 Å². The van der Waals surface area contributed by atoms with Gasteiger partial charge in [-0.25, -0.2) is 4.79 Å². The van der Waals surface area contributed by atoms with Gasteiger partial charge in [-0.2, -0.15) is 11.8 Å². The van der Waals surface area contributed by atoms with Gasteiger partial charge >= 0.3 is 6.03 Å². The molecule has 0 aromatic carbocycles. The zero-order valence-corrected chi connectivity index (χ0v) is 9.31. The summed E-state index contributed by atoms with van der Waals surface area (Å²) in [5.41, 5.74) is 0. The van der Waals surface area contributed by atoms with E-state index >= 15 is 0 Å². The highest BCUT2D eigenvalue weighted by molar-refractivity contribution is 8.00. The maximum absolute atomic E-state index is 11.1. The molecule has 15 heavy (non-hydrogen) atoms. The molecular weight excluding hydrogens is 212 g/mol. The second-order valence-corrected chi connectivity index (χ2v) is 5.28. The van der Waals surface area contributed by atoms with Crippen LogP contribution in [0.2, 0.25) is 0 Å². The van der Waals surface area contributed by atoms with E-state index in [4.69, 9.17) is 0 Å². The first-order chi connectivity index (χ1) is 7.31. The normalized spacial score (nSPS) is 33.3. The van der Waals surface area contributed by atoms with Crippen molar-refractivity contribution in [1.82, 2.24) is 10.6 Å². The fourth-order valence-electron chi connectivity index (χ4n) is 2.19. The van der Waals surface area contributed by atoms with Crippen molar-refractivity contribution in [3.8, 4) is 0 Å². The fraction of sp³-hybridized carbons (Fsp3) is 0.800. The third-order valence-corrected chi connectivity index (χ3v) is 4.46. The molecule has 0 aromatic heterocycles.